The van der Waals surface area contributed by atoms with Crippen LogP contribution in [0.3, 0.4) is 0 Å². The van der Waals surface area contributed by atoms with Crippen LogP contribution in [-0.4, -0.2) is 374 Å². The summed E-state index contributed by atoms with van der Waals surface area (Å²) >= 11 is 0. The van der Waals surface area contributed by atoms with E-state index in [0.717, 1.165) is 111 Å². The van der Waals surface area contributed by atoms with Gasteiger partial charge in [-0.05, 0) is 218 Å². The van der Waals surface area contributed by atoms with Gasteiger partial charge >= 0.3 is 11.9 Å². The van der Waals surface area contributed by atoms with Crippen molar-refractivity contribution in [3.63, 3.8) is 0 Å². The molecular formula is C106H194O31. The van der Waals surface area contributed by atoms with Crippen molar-refractivity contribution in [2.75, 3.05) is 318 Å². The molecule has 31 heteroatoms. The Bertz CT molecular complexity index is 3030. The summed E-state index contributed by atoms with van der Waals surface area (Å²) in [5.41, 5.74) is 3.59. The smallest absolute Gasteiger partial charge is 0.308 e. The molecular weight excluding hydrogens is 1770 g/mol. The molecule has 6 fully saturated rings. The van der Waals surface area contributed by atoms with E-state index in [0.29, 0.717) is 319 Å². The maximum absolute atomic E-state index is 12.8. The number of esters is 1. The third-order valence-electron chi connectivity index (χ3n) is 30.1. The summed E-state index contributed by atoms with van der Waals surface area (Å²) in [5, 5.41) is 39.0. The van der Waals surface area contributed by atoms with Crippen LogP contribution in [0.2, 0.25) is 0 Å². The first-order valence-corrected chi connectivity index (χ1v) is 52.9. The molecule has 0 radical (unpaired) electrons. The summed E-state index contributed by atoms with van der Waals surface area (Å²) in [6.07, 6.45) is 31.4. The maximum Gasteiger partial charge on any atom is 0.308 e. The Hall–Kier alpha value is -2.66. The highest BCUT2D eigenvalue weighted by atomic mass is 16.6. The topological polar surface area (TPSA) is 346 Å². The van der Waals surface area contributed by atoms with Crippen LogP contribution < -0.4 is 0 Å². The summed E-state index contributed by atoms with van der Waals surface area (Å²) in [6, 6.07) is 0. The SMILES string of the molecule is COCCOCCOCCOCCOCCOCCOCCOCCOCCOCCOCCOCCC(=O)O.COCCOCCOCCOCCOCCOCCOCCOCCOCCOCCOCCOCCC(=O)O[C@H]1CC[C@@]2(C)C(=CC[C@H]3[C@@H]4CC[C@H]([C@H](C)CCCC(C)(C)O)[C@@]4(C)CC[C@@H]32)C1.C[C@H](CCCC(C)(C)O)[C@H]1CC[C@H]2[C@@H]3CC=C4C[C@@H](O)CC[C@]4(C)[C@H]3CC[C@]12C. The Balaban J connectivity index is 0.000000350. The lowest BCUT2D eigenvalue weighted by atomic mass is 9.47. The van der Waals surface area contributed by atoms with Gasteiger partial charge in [-0.25, -0.2) is 0 Å². The summed E-state index contributed by atoms with van der Waals surface area (Å²) in [6.45, 7) is 45.7. The first kappa shape index (κ1) is 123. The van der Waals surface area contributed by atoms with Gasteiger partial charge in [0.15, 0.2) is 0 Å². The minimum atomic E-state index is -0.873. The number of methoxy groups -OCH3 is 2. The van der Waals surface area contributed by atoms with Crippen molar-refractivity contribution >= 4 is 11.9 Å². The van der Waals surface area contributed by atoms with Gasteiger partial charge in [-0.1, -0.05) is 90.5 Å². The first-order valence-electron chi connectivity index (χ1n) is 52.9. The normalized spacial score (nSPS) is 26.1. The van der Waals surface area contributed by atoms with Gasteiger partial charge in [-0.15, -0.1) is 0 Å². The lowest BCUT2D eigenvalue weighted by Crippen LogP contribution is -2.51. The van der Waals surface area contributed by atoms with Crippen molar-refractivity contribution in [3.8, 4) is 0 Å². The maximum atomic E-state index is 12.8. The summed E-state index contributed by atoms with van der Waals surface area (Å²) in [4.78, 5) is 23.1. The highest BCUT2D eigenvalue weighted by Gasteiger charge is 2.61. The summed E-state index contributed by atoms with van der Waals surface area (Å²) in [5.74, 6) is 7.03. The number of hydrogen-bond acceptors (Lipinski definition) is 30. The molecule has 16 atom stereocenters. The molecule has 0 spiro atoms. The highest BCUT2D eigenvalue weighted by molar-refractivity contribution is 5.69. The minimum Gasteiger partial charge on any atom is -0.481 e. The van der Waals surface area contributed by atoms with Crippen molar-refractivity contribution in [1.29, 1.82) is 0 Å². The van der Waals surface area contributed by atoms with Crippen molar-refractivity contribution in [2.24, 2.45) is 80.8 Å². The number of allylic oxidation sites excluding steroid dienone is 2. The molecule has 8 aliphatic carbocycles. The fourth-order valence-electron chi connectivity index (χ4n) is 22.9. The zero-order valence-electron chi connectivity index (χ0n) is 87.4. The molecule has 804 valence electrons. The molecule has 4 N–H and O–H groups in total. The van der Waals surface area contributed by atoms with Crippen LogP contribution in [-0.2, 0) is 128 Å². The second-order valence-electron chi connectivity index (χ2n) is 40.9. The van der Waals surface area contributed by atoms with E-state index in [4.69, 9.17) is 124 Å². The van der Waals surface area contributed by atoms with Crippen LogP contribution in [0, 0.1) is 80.8 Å². The van der Waals surface area contributed by atoms with Gasteiger partial charge in [0.1, 0.15) is 6.10 Å². The van der Waals surface area contributed by atoms with Crippen LogP contribution >= 0.6 is 0 Å². The molecule has 0 heterocycles. The van der Waals surface area contributed by atoms with Crippen LogP contribution in [0.1, 0.15) is 223 Å². The summed E-state index contributed by atoms with van der Waals surface area (Å²) in [7, 11) is 3.29. The fraction of sp³-hybridized carbons (Fsp3) is 0.943. The van der Waals surface area contributed by atoms with Gasteiger partial charge < -0.3 is 139 Å². The van der Waals surface area contributed by atoms with Crippen LogP contribution in [0.5, 0.6) is 0 Å². The number of hydrogen-bond donors (Lipinski definition) is 4. The second kappa shape index (κ2) is 73.4. The van der Waals surface area contributed by atoms with E-state index in [9.17, 15) is 24.9 Å². The Labute approximate surface area is 825 Å². The quantitative estimate of drug-likeness (QED) is 0.0250. The van der Waals surface area contributed by atoms with Crippen molar-refractivity contribution < 1.29 is 148 Å². The number of rotatable bonds is 83. The zero-order valence-corrected chi connectivity index (χ0v) is 87.4. The number of aliphatic carboxylic acids is 1. The zero-order chi connectivity index (χ0) is 98.8. The van der Waals surface area contributed by atoms with Gasteiger partial charge in [0, 0.05) is 20.6 Å². The van der Waals surface area contributed by atoms with E-state index in [1.165, 1.54) is 83.5 Å². The van der Waals surface area contributed by atoms with Crippen molar-refractivity contribution in [1.82, 2.24) is 0 Å². The molecule has 8 aliphatic rings. The van der Waals surface area contributed by atoms with Crippen molar-refractivity contribution in [2.45, 2.75) is 247 Å². The average Bonchev–Trinajstić information content (AvgIpc) is 1.52. The Morgan fingerprint density at radius 3 is 0.861 bits per heavy atom. The monoisotopic (exact) mass is 1960 g/mol. The molecule has 0 bridgehead atoms. The molecule has 8 rings (SSSR count). The largest absolute Gasteiger partial charge is 0.481 e. The standard InChI is InChI=1S/C53H96O15.C27H46O2.C26H52O14/c1-43(8-7-16-51(2,3)55)47-11-12-48-46-10-9-44-42-45(13-17-52(44,4)49(46)14-18-53(47,48)5)68-50(54)15-19-57-22-23-59-26-27-61-30-31-63-34-35-65-38-39-67-41-40-66-37-36-64-33-32-62-29-28-60-25-24-58-21-20-56-6;1-18(7-6-14-25(2,3)29)22-10-11-23-21-9-8-19-17-20(28)12-15-26(19,4)24(21)13-16-27(22,23)5;1-29-4-5-31-8-9-33-12-13-35-16-17-37-20-21-39-24-25-40-23-22-38-19-18-36-15-14-34-11-10-32-7-6-30-3-2-26(27)28/h9,43,45-49,55H,7-8,10-42H2,1-6H3;8,18,20-24,28-29H,6-7,9-17H2,1-5H3;2-25H2,1H3,(H,27,28)/t43-,45+,46+,47-,48+,49+,52+,53-;18-,20+,21+,22-,23+,24+,26+,27-;/m11./s1. The Kier molecular flexibility index (Phi) is 65.9. The third kappa shape index (κ3) is 50.5. The number of aliphatic hydroxyl groups is 3. The number of carboxylic acid groups (broad SMARTS) is 1. The van der Waals surface area contributed by atoms with Gasteiger partial charge in [-0.2, -0.15) is 0 Å². The molecule has 6 saturated carbocycles. The van der Waals surface area contributed by atoms with E-state index in [-0.39, 0.29) is 43.0 Å². The van der Waals surface area contributed by atoms with Crippen LogP contribution in [0.4, 0.5) is 0 Å². The molecule has 0 unspecified atom stereocenters. The molecule has 0 saturated heterocycles. The molecule has 0 aromatic rings. The van der Waals surface area contributed by atoms with E-state index in [2.05, 4.69) is 53.7 Å². The Morgan fingerprint density at radius 2 is 0.591 bits per heavy atom. The van der Waals surface area contributed by atoms with Gasteiger partial charge in [0.25, 0.3) is 0 Å². The molecule has 31 nitrogen and oxygen atoms in total. The lowest BCUT2D eigenvalue weighted by Gasteiger charge is -2.58. The molecule has 137 heavy (non-hydrogen) atoms. The number of ether oxygens (including phenoxy) is 25. The van der Waals surface area contributed by atoms with Gasteiger partial charge in [0.05, 0.1) is 334 Å². The van der Waals surface area contributed by atoms with Gasteiger partial charge in [0.2, 0.25) is 0 Å². The van der Waals surface area contributed by atoms with Crippen LogP contribution in [0.25, 0.3) is 0 Å². The number of carboxylic acids is 1. The Morgan fingerprint density at radius 1 is 0.336 bits per heavy atom. The number of aliphatic hydroxyl groups excluding tert-OH is 1. The molecule has 0 aromatic heterocycles. The molecule has 0 aromatic carbocycles. The number of carbonyl (C=O) groups is 2. The van der Waals surface area contributed by atoms with E-state index >= 15 is 0 Å². The predicted octanol–water partition coefficient (Wildman–Crippen LogP) is 14.1. The minimum absolute atomic E-state index is 0.000916. The number of carbonyl (C=O) groups excluding carboxylic acids is 1. The third-order valence-corrected chi connectivity index (χ3v) is 30.1. The molecule has 0 aliphatic heterocycles. The summed E-state index contributed by atoms with van der Waals surface area (Å²) < 4.78 is 136. The van der Waals surface area contributed by atoms with E-state index < -0.39 is 17.2 Å². The van der Waals surface area contributed by atoms with E-state index in [1.807, 2.05) is 27.7 Å². The van der Waals surface area contributed by atoms with Crippen LogP contribution in [0.15, 0.2) is 23.3 Å². The first-order chi connectivity index (χ1) is 66.3. The van der Waals surface area contributed by atoms with E-state index in [1.54, 1.807) is 25.4 Å². The van der Waals surface area contributed by atoms with Crippen molar-refractivity contribution in [3.05, 3.63) is 23.3 Å². The predicted molar refractivity (Wildman–Crippen MR) is 524 cm³/mol. The molecule has 0 amide bonds. The van der Waals surface area contributed by atoms with Gasteiger partial charge in [-0.3, -0.25) is 9.59 Å². The lowest BCUT2D eigenvalue weighted by molar-refractivity contribution is -0.153. The average molecular weight is 1960 g/mol. The highest BCUT2D eigenvalue weighted by Crippen LogP contribution is 2.69. The second-order valence-corrected chi connectivity index (χ2v) is 40.9. The number of fused-ring (bicyclic) bond motifs is 10. The fourth-order valence-corrected chi connectivity index (χ4v) is 22.9.